The fourth-order valence-electron chi connectivity index (χ4n) is 1.90. The van der Waals surface area contributed by atoms with Crippen LogP contribution in [0.4, 0.5) is 5.13 Å². The lowest BCUT2D eigenvalue weighted by Crippen LogP contribution is -2.13. The Labute approximate surface area is 145 Å². The highest BCUT2D eigenvalue weighted by atomic mass is 35.5. The number of amides is 1. The minimum absolute atomic E-state index is 0. The van der Waals surface area contributed by atoms with E-state index in [1.807, 2.05) is 31.2 Å². The zero-order valence-electron chi connectivity index (χ0n) is 12.3. The number of hydrogen-bond donors (Lipinski definition) is 2. The van der Waals surface area contributed by atoms with Gasteiger partial charge >= 0.3 is 0 Å². The number of anilines is 1. The van der Waals surface area contributed by atoms with E-state index in [0.717, 1.165) is 27.6 Å². The molecule has 0 radical (unpaired) electrons. The van der Waals surface area contributed by atoms with Crippen molar-refractivity contribution < 1.29 is 4.79 Å². The molecule has 0 atom stereocenters. The van der Waals surface area contributed by atoms with E-state index < -0.39 is 0 Å². The lowest BCUT2D eigenvalue weighted by atomic mass is 10.1. The molecular weight excluding hydrogens is 341 g/mol. The summed E-state index contributed by atoms with van der Waals surface area (Å²) < 4.78 is 0. The molecule has 2 aromatic rings. The number of rotatable bonds is 6. The van der Waals surface area contributed by atoms with Gasteiger partial charge in [-0.3, -0.25) is 4.79 Å². The van der Waals surface area contributed by atoms with E-state index in [-0.39, 0.29) is 18.3 Å². The van der Waals surface area contributed by atoms with Crippen molar-refractivity contribution in [2.75, 3.05) is 11.9 Å². The molecule has 22 heavy (non-hydrogen) atoms. The number of nitrogens with two attached hydrogens (primary N) is 1. The molecule has 0 aliphatic carbocycles. The Bertz CT molecular complexity index is 631. The van der Waals surface area contributed by atoms with Gasteiger partial charge in [-0.15, -0.1) is 23.7 Å². The van der Waals surface area contributed by atoms with E-state index in [1.54, 1.807) is 0 Å². The van der Waals surface area contributed by atoms with Crippen molar-refractivity contribution in [3.8, 4) is 0 Å². The molecule has 0 spiro atoms. The molecule has 3 N–H and O–H groups in total. The van der Waals surface area contributed by atoms with E-state index in [4.69, 9.17) is 17.3 Å². The maximum Gasteiger partial charge on any atom is 0.226 e. The Morgan fingerprint density at radius 1 is 1.41 bits per heavy atom. The SMILES string of the molecule is Cc1nc(NC(=O)CCCN)sc1Cc1ccccc1Cl.Cl. The van der Waals surface area contributed by atoms with Crippen LogP contribution in [-0.4, -0.2) is 17.4 Å². The van der Waals surface area contributed by atoms with Crippen LogP contribution in [0, 0.1) is 6.92 Å². The zero-order chi connectivity index (χ0) is 15.2. The first-order chi connectivity index (χ1) is 10.1. The number of hydrogen-bond acceptors (Lipinski definition) is 4. The Hall–Kier alpha value is -1.14. The van der Waals surface area contributed by atoms with Crippen molar-refractivity contribution in [3.63, 3.8) is 0 Å². The van der Waals surface area contributed by atoms with E-state index in [1.165, 1.54) is 11.3 Å². The number of aryl methyl sites for hydroxylation is 1. The molecule has 0 unspecified atom stereocenters. The third kappa shape index (κ3) is 5.25. The second-order valence-electron chi connectivity index (χ2n) is 4.74. The minimum atomic E-state index is -0.0431. The number of nitrogens with zero attached hydrogens (tertiary/aromatic N) is 1. The third-order valence-electron chi connectivity index (χ3n) is 3.06. The van der Waals surface area contributed by atoms with Gasteiger partial charge in [0.2, 0.25) is 5.91 Å². The molecule has 0 saturated carbocycles. The Kier molecular flexibility index (Phi) is 7.82. The van der Waals surface area contributed by atoms with Gasteiger partial charge in [-0.2, -0.15) is 0 Å². The summed E-state index contributed by atoms with van der Waals surface area (Å²) in [5, 5.41) is 4.20. The van der Waals surface area contributed by atoms with Crippen LogP contribution in [0.3, 0.4) is 0 Å². The average Bonchev–Trinajstić information content (AvgIpc) is 2.79. The van der Waals surface area contributed by atoms with Gasteiger partial charge in [-0.25, -0.2) is 4.98 Å². The molecule has 120 valence electrons. The van der Waals surface area contributed by atoms with Gasteiger partial charge in [0.05, 0.1) is 5.69 Å². The van der Waals surface area contributed by atoms with Crippen LogP contribution in [0.15, 0.2) is 24.3 Å². The summed E-state index contributed by atoms with van der Waals surface area (Å²) in [4.78, 5) is 17.2. The van der Waals surface area contributed by atoms with Crippen molar-refractivity contribution in [2.45, 2.75) is 26.2 Å². The summed E-state index contributed by atoms with van der Waals surface area (Å²) >= 11 is 7.67. The molecule has 2 rings (SSSR count). The molecular formula is C15H19Cl2N3OS. The molecule has 1 aromatic carbocycles. The first kappa shape index (κ1) is 18.9. The van der Waals surface area contributed by atoms with Crippen LogP contribution < -0.4 is 11.1 Å². The van der Waals surface area contributed by atoms with Crippen LogP contribution >= 0.6 is 35.3 Å². The maximum absolute atomic E-state index is 11.7. The summed E-state index contributed by atoms with van der Waals surface area (Å²) in [6.07, 6.45) is 1.83. The van der Waals surface area contributed by atoms with Gasteiger partial charge < -0.3 is 11.1 Å². The van der Waals surface area contributed by atoms with E-state index >= 15 is 0 Å². The summed E-state index contributed by atoms with van der Waals surface area (Å²) in [7, 11) is 0. The average molecular weight is 360 g/mol. The van der Waals surface area contributed by atoms with Crippen molar-refractivity contribution in [1.82, 2.24) is 4.98 Å². The molecule has 7 heteroatoms. The predicted molar refractivity (Wildman–Crippen MR) is 95.3 cm³/mol. The lowest BCUT2D eigenvalue weighted by Gasteiger charge is -2.02. The topological polar surface area (TPSA) is 68.0 Å². The quantitative estimate of drug-likeness (QED) is 0.823. The summed E-state index contributed by atoms with van der Waals surface area (Å²) in [5.74, 6) is -0.0431. The van der Waals surface area contributed by atoms with Gasteiger partial charge in [-0.1, -0.05) is 29.8 Å². The smallest absolute Gasteiger partial charge is 0.226 e. The Morgan fingerprint density at radius 2 is 2.14 bits per heavy atom. The second kappa shape index (κ2) is 9.10. The molecule has 0 aliphatic heterocycles. The highest BCUT2D eigenvalue weighted by Crippen LogP contribution is 2.27. The molecule has 1 amide bonds. The molecule has 1 aromatic heterocycles. The molecule has 4 nitrogen and oxygen atoms in total. The molecule has 0 fully saturated rings. The fourth-order valence-corrected chi connectivity index (χ4v) is 3.11. The van der Waals surface area contributed by atoms with Gasteiger partial charge in [0.15, 0.2) is 5.13 Å². The van der Waals surface area contributed by atoms with Crippen LogP contribution in [-0.2, 0) is 11.2 Å². The molecule has 0 saturated heterocycles. The van der Waals surface area contributed by atoms with Gasteiger partial charge in [0.25, 0.3) is 0 Å². The van der Waals surface area contributed by atoms with Crippen LogP contribution in [0.2, 0.25) is 5.02 Å². The number of thiazole rings is 1. The molecule has 0 aliphatic rings. The number of benzene rings is 1. The number of halogens is 2. The normalized spacial score (nSPS) is 10.1. The van der Waals surface area contributed by atoms with E-state index in [9.17, 15) is 4.79 Å². The van der Waals surface area contributed by atoms with Gasteiger partial charge in [-0.05, 0) is 31.5 Å². The monoisotopic (exact) mass is 359 g/mol. The minimum Gasteiger partial charge on any atom is -0.330 e. The first-order valence-electron chi connectivity index (χ1n) is 6.79. The number of carbonyl (C=O) groups is 1. The highest BCUT2D eigenvalue weighted by molar-refractivity contribution is 7.15. The van der Waals surface area contributed by atoms with Crippen LogP contribution in [0.5, 0.6) is 0 Å². The largest absolute Gasteiger partial charge is 0.330 e. The lowest BCUT2D eigenvalue weighted by molar-refractivity contribution is -0.116. The van der Waals surface area contributed by atoms with Crippen LogP contribution in [0.1, 0.15) is 29.0 Å². The molecule has 1 heterocycles. The summed E-state index contributed by atoms with van der Waals surface area (Å²) in [6.45, 7) is 2.46. The Balaban J connectivity index is 0.00000242. The van der Waals surface area contributed by atoms with Crippen molar-refractivity contribution >= 4 is 46.4 Å². The first-order valence-corrected chi connectivity index (χ1v) is 7.99. The highest BCUT2D eigenvalue weighted by Gasteiger charge is 2.12. The van der Waals surface area contributed by atoms with Crippen molar-refractivity contribution in [2.24, 2.45) is 5.73 Å². The predicted octanol–water partition coefficient (Wildman–Crippen LogP) is 3.79. The summed E-state index contributed by atoms with van der Waals surface area (Å²) in [6, 6.07) is 7.76. The van der Waals surface area contributed by atoms with Gasteiger partial charge in [0.1, 0.15) is 0 Å². The van der Waals surface area contributed by atoms with Crippen molar-refractivity contribution in [1.29, 1.82) is 0 Å². The fraction of sp³-hybridized carbons (Fsp3) is 0.333. The number of aromatic nitrogens is 1. The maximum atomic E-state index is 11.7. The zero-order valence-corrected chi connectivity index (χ0v) is 14.7. The molecule has 0 bridgehead atoms. The second-order valence-corrected chi connectivity index (χ2v) is 6.23. The Morgan fingerprint density at radius 3 is 2.82 bits per heavy atom. The summed E-state index contributed by atoms with van der Waals surface area (Å²) in [5.41, 5.74) is 7.38. The van der Waals surface area contributed by atoms with Gasteiger partial charge in [0, 0.05) is 22.7 Å². The van der Waals surface area contributed by atoms with E-state index in [2.05, 4.69) is 10.3 Å². The van der Waals surface area contributed by atoms with Crippen molar-refractivity contribution in [3.05, 3.63) is 45.4 Å². The standard InChI is InChI=1S/C15H18ClN3OS.ClH/c1-10-13(9-11-5-2-3-6-12(11)16)21-15(18-10)19-14(20)7-4-8-17;/h2-3,5-6H,4,7-9,17H2,1H3,(H,18,19,20);1H. The number of nitrogens with one attached hydrogen (secondary N) is 1. The number of carbonyl (C=O) groups excluding carboxylic acids is 1. The van der Waals surface area contributed by atoms with E-state index in [0.29, 0.717) is 24.5 Å². The third-order valence-corrected chi connectivity index (χ3v) is 4.50. The van der Waals surface area contributed by atoms with Crippen LogP contribution in [0.25, 0.3) is 0 Å².